The van der Waals surface area contributed by atoms with Crippen molar-refractivity contribution in [1.82, 2.24) is 10.3 Å². The van der Waals surface area contributed by atoms with Crippen molar-refractivity contribution in [3.05, 3.63) is 29.4 Å². The van der Waals surface area contributed by atoms with E-state index in [1.165, 1.54) is 6.20 Å². The minimum Gasteiger partial charge on any atom is -0.497 e. The summed E-state index contributed by atoms with van der Waals surface area (Å²) in [7, 11) is 1.55. The van der Waals surface area contributed by atoms with E-state index in [2.05, 4.69) is 15.6 Å². The lowest BCUT2D eigenvalue weighted by Gasteiger charge is -2.28. The zero-order valence-corrected chi connectivity index (χ0v) is 14.7. The molecule has 0 saturated carbocycles. The van der Waals surface area contributed by atoms with Gasteiger partial charge in [-0.15, -0.1) is 0 Å². The van der Waals surface area contributed by atoms with Gasteiger partial charge >= 0.3 is 6.09 Å². The number of nitrogens with one attached hydrogen (secondary N) is 2. The normalized spacial score (nSPS) is 19.8. The van der Waals surface area contributed by atoms with Crippen LogP contribution in [0, 0.1) is 0 Å². The fraction of sp³-hybridized carbons (Fsp3) is 0.353. The third-order valence-corrected chi connectivity index (χ3v) is 4.46. The number of amides is 2. The first-order valence-electron chi connectivity index (χ1n) is 8.02. The van der Waals surface area contributed by atoms with Crippen molar-refractivity contribution in [3.63, 3.8) is 0 Å². The van der Waals surface area contributed by atoms with Crippen LogP contribution in [0.3, 0.4) is 0 Å². The highest BCUT2D eigenvalue weighted by atomic mass is 35.5. The smallest absolute Gasteiger partial charge is 0.404 e. The summed E-state index contributed by atoms with van der Waals surface area (Å²) in [6.07, 6.45) is 0.613. The predicted octanol–water partition coefficient (Wildman–Crippen LogP) is 2.65. The van der Waals surface area contributed by atoms with E-state index in [-0.39, 0.29) is 18.6 Å². The van der Waals surface area contributed by atoms with Crippen molar-refractivity contribution in [2.45, 2.75) is 25.0 Å². The Morgan fingerprint density at radius 3 is 2.85 bits per heavy atom. The Labute approximate surface area is 154 Å². The summed E-state index contributed by atoms with van der Waals surface area (Å²) < 4.78 is 10.7. The molecular formula is C17H18ClN3O5. The van der Waals surface area contributed by atoms with Crippen LogP contribution in [-0.4, -0.2) is 48.0 Å². The second kappa shape index (κ2) is 7.76. The van der Waals surface area contributed by atoms with Crippen LogP contribution in [0.2, 0.25) is 5.02 Å². The monoisotopic (exact) mass is 379 g/mol. The summed E-state index contributed by atoms with van der Waals surface area (Å²) >= 11 is 6.23. The summed E-state index contributed by atoms with van der Waals surface area (Å²) in [5, 5.41) is 14.9. The fourth-order valence-corrected chi connectivity index (χ4v) is 3.05. The Hall–Kier alpha value is -2.58. The molecule has 3 rings (SSSR count). The Morgan fingerprint density at radius 2 is 2.19 bits per heavy atom. The lowest BCUT2D eigenvalue weighted by atomic mass is 10.0. The topological polar surface area (TPSA) is 110 Å². The van der Waals surface area contributed by atoms with Gasteiger partial charge in [-0.1, -0.05) is 11.6 Å². The maximum atomic E-state index is 12.6. The minimum atomic E-state index is -1.11. The molecule has 2 amide bonds. The highest BCUT2D eigenvalue weighted by molar-refractivity contribution is 6.35. The number of carbonyl (C=O) groups is 2. The van der Waals surface area contributed by atoms with Crippen LogP contribution in [0.5, 0.6) is 5.75 Å². The number of hydrogen-bond donors (Lipinski definition) is 3. The minimum absolute atomic E-state index is 0.142. The first kappa shape index (κ1) is 18.2. The zero-order valence-electron chi connectivity index (χ0n) is 14.0. The summed E-state index contributed by atoms with van der Waals surface area (Å²) in [6, 6.07) is 4.98. The zero-order chi connectivity index (χ0) is 18.7. The standard InChI is InChI=1S/C17H18ClN3O5/c1-25-10-3-4-13-11(6-10)15(12(18)7-19-13)21-16(22)14-5-2-9(8-26-14)20-17(23)24/h3-4,6-7,9,14,20H,2,5,8H2,1H3,(H,23,24)(H,19,21,22)/t9-,14+/m1/s1. The van der Waals surface area contributed by atoms with Crippen molar-refractivity contribution in [3.8, 4) is 5.75 Å². The van der Waals surface area contributed by atoms with Gasteiger partial charge in [-0.3, -0.25) is 9.78 Å². The molecule has 0 bridgehead atoms. The van der Waals surface area contributed by atoms with E-state index in [0.29, 0.717) is 40.2 Å². The number of anilines is 1. The summed E-state index contributed by atoms with van der Waals surface area (Å²) in [5.74, 6) is 0.282. The lowest BCUT2D eigenvalue weighted by Crippen LogP contribution is -2.45. The largest absolute Gasteiger partial charge is 0.497 e. The number of fused-ring (bicyclic) bond motifs is 1. The molecule has 1 aliphatic rings. The number of ether oxygens (including phenoxy) is 2. The number of benzene rings is 1. The van der Waals surface area contributed by atoms with Crippen molar-refractivity contribution >= 4 is 40.2 Å². The summed E-state index contributed by atoms with van der Waals surface area (Å²) in [5.41, 5.74) is 1.11. The second-order valence-corrected chi connectivity index (χ2v) is 6.31. The Balaban J connectivity index is 1.75. The van der Waals surface area contributed by atoms with Crippen LogP contribution in [0.15, 0.2) is 24.4 Å². The van der Waals surface area contributed by atoms with Gasteiger partial charge in [0.05, 0.1) is 36.0 Å². The van der Waals surface area contributed by atoms with Crippen LogP contribution in [0.25, 0.3) is 10.9 Å². The summed E-state index contributed by atoms with van der Waals surface area (Å²) in [6.45, 7) is 0.142. The average molecular weight is 380 g/mol. The molecule has 0 radical (unpaired) electrons. The molecule has 1 aromatic heterocycles. The van der Waals surface area contributed by atoms with Gasteiger partial charge in [0.15, 0.2) is 0 Å². The number of pyridine rings is 1. The van der Waals surface area contributed by atoms with Crippen molar-refractivity contribution in [1.29, 1.82) is 0 Å². The highest BCUT2D eigenvalue weighted by Crippen LogP contribution is 2.32. The van der Waals surface area contributed by atoms with E-state index in [0.717, 1.165) is 0 Å². The first-order chi connectivity index (χ1) is 12.5. The van der Waals surface area contributed by atoms with Crippen LogP contribution in [-0.2, 0) is 9.53 Å². The molecule has 8 nitrogen and oxygen atoms in total. The number of nitrogens with zero attached hydrogens (tertiary/aromatic N) is 1. The van der Waals surface area contributed by atoms with E-state index in [1.807, 2.05) is 0 Å². The van der Waals surface area contributed by atoms with E-state index in [9.17, 15) is 9.59 Å². The quantitative estimate of drug-likeness (QED) is 0.753. The third-order valence-electron chi connectivity index (χ3n) is 4.17. The van der Waals surface area contributed by atoms with E-state index >= 15 is 0 Å². The molecule has 0 aliphatic carbocycles. The van der Waals surface area contributed by atoms with Crippen LogP contribution < -0.4 is 15.4 Å². The number of carboxylic acid groups (broad SMARTS) is 1. The molecule has 1 aliphatic heterocycles. The third kappa shape index (κ3) is 3.97. The number of carbonyl (C=O) groups excluding carboxylic acids is 1. The first-order valence-corrected chi connectivity index (χ1v) is 8.40. The maximum absolute atomic E-state index is 12.6. The SMILES string of the molecule is COc1ccc2ncc(Cl)c(NC(=O)[C@@H]3CC[C@@H](NC(=O)O)CO3)c2c1. The van der Waals surface area contributed by atoms with Gasteiger partial charge < -0.3 is 25.2 Å². The maximum Gasteiger partial charge on any atom is 0.404 e. The molecule has 1 fully saturated rings. The molecule has 9 heteroatoms. The average Bonchev–Trinajstić information content (AvgIpc) is 2.63. The van der Waals surface area contributed by atoms with E-state index in [1.54, 1.807) is 25.3 Å². The predicted molar refractivity (Wildman–Crippen MR) is 95.9 cm³/mol. The van der Waals surface area contributed by atoms with Crippen LogP contribution in [0.4, 0.5) is 10.5 Å². The van der Waals surface area contributed by atoms with Gasteiger partial charge in [0.1, 0.15) is 11.9 Å². The van der Waals surface area contributed by atoms with Gasteiger partial charge in [-0.25, -0.2) is 4.79 Å². The Morgan fingerprint density at radius 1 is 1.38 bits per heavy atom. The highest BCUT2D eigenvalue weighted by Gasteiger charge is 2.28. The van der Waals surface area contributed by atoms with Crippen molar-refractivity contribution in [2.75, 3.05) is 19.0 Å². The van der Waals surface area contributed by atoms with Crippen molar-refractivity contribution in [2.24, 2.45) is 0 Å². The van der Waals surface area contributed by atoms with Gasteiger partial charge in [-0.2, -0.15) is 0 Å². The molecule has 2 aromatic rings. The molecule has 2 heterocycles. The van der Waals surface area contributed by atoms with Crippen LogP contribution >= 0.6 is 11.6 Å². The van der Waals surface area contributed by atoms with Crippen LogP contribution in [0.1, 0.15) is 12.8 Å². The molecule has 3 N–H and O–H groups in total. The Kier molecular flexibility index (Phi) is 5.43. The van der Waals surface area contributed by atoms with E-state index < -0.39 is 12.2 Å². The van der Waals surface area contributed by atoms with Gasteiger partial charge in [0.25, 0.3) is 5.91 Å². The fourth-order valence-electron chi connectivity index (χ4n) is 2.85. The number of rotatable bonds is 4. The van der Waals surface area contributed by atoms with E-state index in [4.69, 9.17) is 26.2 Å². The molecular weight excluding hydrogens is 362 g/mol. The Bertz CT molecular complexity index is 837. The molecule has 1 aromatic carbocycles. The van der Waals surface area contributed by atoms with Gasteiger partial charge in [0, 0.05) is 11.6 Å². The number of hydrogen-bond acceptors (Lipinski definition) is 5. The molecule has 0 spiro atoms. The molecule has 138 valence electrons. The molecule has 26 heavy (non-hydrogen) atoms. The summed E-state index contributed by atoms with van der Waals surface area (Å²) in [4.78, 5) is 27.5. The molecule has 0 unspecified atom stereocenters. The number of methoxy groups -OCH3 is 1. The van der Waals surface area contributed by atoms with Gasteiger partial charge in [-0.05, 0) is 31.0 Å². The van der Waals surface area contributed by atoms with Gasteiger partial charge in [0.2, 0.25) is 0 Å². The van der Waals surface area contributed by atoms with Crippen molar-refractivity contribution < 1.29 is 24.2 Å². The molecule has 2 atom stereocenters. The second-order valence-electron chi connectivity index (χ2n) is 5.90. The molecule has 1 saturated heterocycles. The number of aromatic nitrogens is 1. The number of halogens is 1. The lowest BCUT2D eigenvalue weighted by molar-refractivity contribution is -0.130.